The lowest BCUT2D eigenvalue weighted by Gasteiger charge is -2.34. The van der Waals surface area contributed by atoms with Gasteiger partial charge >= 0.3 is 0 Å². The van der Waals surface area contributed by atoms with Crippen molar-refractivity contribution in [1.82, 2.24) is 4.90 Å². The van der Waals surface area contributed by atoms with Crippen molar-refractivity contribution in [3.63, 3.8) is 0 Å². The quantitative estimate of drug-likeness (QED) is 0.606. The van der Waals surface area contributed by atoms with Crippen LogP contribution in [0.4, 0.5) is 5.69 Å². The van der Waals surface area contributed by atoms with E-state index in [1.165, 1.54) is 16.7 Å². The summed E-state index contributed by atoms with van der Waals surface area (Å²) in [4.78, 5) is 7.00. The van der Waals surface area contributed by atoms with Crippen LogP contribution in [0.5, 0.6) is 0 Å². The zero-order valence-corrected chi connectivity index (χ0v) is 16.7. The molecule has 0 aliphatic carbocycles. The fraction of sp³-hybridized carbons (Fsp3) is 0.381. The van der Waals surface area contributed by atoms with E-state index < -0.39 is 0 Å². The summed E-state index contributed by atoms with van der Waals surface area (Å²) in [5.41, 5.74) is 10.8. The zero-order valence-electron chi connectivity index (χ0n) is 15.9. The Kier molecular flexibility index (Phi) is 6.72. The van der Waals surface area contributed by atoms with Gasteiger partial charge in [0.1, 0.15) is 0 Å². The standard InChI is InChI=1S/C21H27ClN4O/c1-15-3-8-19(13-16(15)2)25-21(23)24-14-20(26-9-11-27-12-10-26)17-4-6-18(22)7-5-17/h3-8,13,20H,9-12,14H2,1-2H3,(H3,23,24,25). The Bertz CT molecular complexity index is 785. The highest BCUT2D eigenvalue weighted by atomic mass is 35.5. The van der Waals surface area contributed by atoms with Gasteiger partial charge in [-0.05, 0) is 54.8 Å². The van der Waals surface area contributed by atoms with Gasteiger partial charge in [0.2, 0.25) is 0 Å². The van der Waals surface area contributed by atoms with E-state index in [4.69, 9.17) is 22.1 Å². The molecule has 3 N–H and O–H groups in total. The number of aryl methyl sites for hydroxylation is 2. The summed E-state index contributed by atoms with van der Waals surface area (Å²) in [7, 11) is 0. The van der Waals surface area contributed by atoms with Crippen LogP contribution >= 0.6 is 11.6 Å². The highest BCUT2D eigenvalue weighted by Gasteiger charge is 2.22. The van der Waals surface area contributed by atoms with Gasteiger partial charge in [0.15, 0.2) is 5.96 Å². The molecule has 0 amide bonds. The molecule has 6 heteroatoms. The van der Waals surface area contributed by atoms with Gasteiger partial charge in [-0.3, -0.25) is 9.89 Å². The predicted molar refractivity (Wildman–Crippen MR) is 113 cm³/mol. The largest absolute Gasteiger partial charge is 0.379 e. The second-order valence-corrected chi connectivity index (χ2v) is 7.30. The number of ether oxygens (including phenoxy) is 1. The number of anilines is 1. The number of rotatable bonds is 5. The van der Waals surface area contributed by atoms with Crippen molar-refractivity contribution in [3.05, 3.63) is 64.2 Å². The molecule has 0 aromatic heterocycles. The topological polar surface area (TPSA) is 62.9 Å². The summed E-state index contributed by atoms with van der Waals surface area (Å²) in [6.45, 7) is 8.00. The lowest BCUT2D eigenvalue weighted by Crippen LogP contribution is -2.40. The van der Waals surface area contributed by atoms with Gasteiger partial charge in [-0.2, -0.15) is 0 Å². The van der Waals surface area contributed by atoms with Crippen molar-refractivity contribution in [2.24, 2.45) is 10.7 Å². The van der Waals surface area contributed by atoms with Crippen LogP contribution < -0.4 is 11.1 Å². The van der Waals surface area contributed by atoms with Crippen LogP contribution in [0.25, 0.3) is 0 Å². The van der Waals surface area contributed by atoms with E-state index in [1.54, 1.807) is 0 Å². The first-order chi connectivity index (χ1) is 13.0. The molecule has 1 unspecified atom stereocenters. The van der Waals surface area contributed by atoms with Gasteiger partial charge < -0.3 is 15.8 Å². The minimum absolute atomic E-state index is 0.145. The van der Waals surface area contributed by atoms with E-state index in [9.17, 15) is 0 Å². The molecule has 5 nitrogen and oxygen atoms in total. The molecule has 0 spiro atoms. The van der Waals surface area contributed by atoms with Crippen LogP contribution in [-0.2, 0) is 4.74 Å². The number of halogens is 1. The lowest BCUT2D eigenvalue weighted by molar-refractivity contribution is 0.0180. The normalized spacial score (nSPS) is 16.9. The average Bonchev–Trinajstić information content (AvgIpc) is 2.67. The van der Waals surface area contributed by atoms with Crippen molar-refractivity contribution < 1.29 is 4.74 Å². The third kappa shape index (κ3) is 5.45. The second-order valence-electron chi connectivity index (χ2n) is 6.87. The summed E-state index contributed by atoms with van der Waals surface area (Å²) in [5, 5.41) is 3.93. The minimum atomic E-state index is 0.145. The minimum Gasteiger partial charge on any atom is -0.379 e. The third-order valence-corrected chi connectivity index (χ3v) is 5.21. The molecule has 1 atom stereocenters. The van der Waals surface area contributed by atoms with Gasteiger partial charge in [0.05, 0.1) is 25.8 Å². The van der Waals surface area contributed by atoms with Crippen LogP contribution in [0.15, 0.2) is 47.5 Å². The summed E-state index contributed by atoms with van der Waals surface area (Å²) >= 11 is 6.05. The molecule has 3 rings (SSSR count). The first-order valence-corrected chi connectivity index (χ1v) is 9.62. The fourth-order valence-corrected chi connectivity index (χ4v) is 3.32. The number of guanidine groups is 1. The highest BCUT2D eigenvalue weighted by molar-refractivity contribution is 6.30. The Morgan fingerprint density at radius 1 is 1.15 bits per heavy atom. The summed E-state index contributed by atoms with van der Waals surface area (Å²) in [6.07, 6.45) is 0. The summed E-state index contributed by atoms with van der Waals surface area (Å²) in [6, 6.07) is 14.3. The molecule has 144 valence electrons. The molecule has 1 aliphatic rings. The number of morpholine rings is 1. The van der Waals surface area contributed by atoms with Crippen molar-refractivity contribution >= 4 is 23.2 Å². The van der Waals surface area contributed by atoms with Gasteiger partial charge in [0, 0.05) is 23.8 Å². The number of aliphatic imine (C=N–C) groups is 1. The molecular weight excluding hydrogens is 360 g/mol. The molecule has 1 fully saturated rings. The highest BCUT2D eigenvalue weighted by Crippen LogP contribution is 2.24. The molecule has 27 heavy (non-hydrogen) atoms. The van der Waals surface area contributed by atoms with E-state index in [2.05, 4.69) is 53.3 Å². The van der Waals surface area contributed by atoms with Gasteiger partial charge in [0.25, 0.3) is 0 Å². The molecule has 1 aliphatic heterocycles. The van der Waals surface area contributed by atoms with Crippen LogP contribution in [0, 0.1) is 13.8 Å². The first kappa shape index (κ1) is 19.7. The summed E-state index contributed by atoms with van der Waals surface area (Å²) < 4.78 is 5.49. The Morgan fingerprint density at radius 3 is 2.52 bits per heavy atom. The Balaban J connectivity index is 1.73. The van der Waals surface area contributed by atoms with Crippen molar-refractivity contribution in [2.45, 2.75) is 19.9 Å². The van der Waals surface area contributed by atoms with Gasteiger partial charge in [-0.15, -0.1) is 0 Å². The van der Waals surface area contributed by atoms with Crippen LogP contribution in [0.3, 0.4) is 0 Å². The first-order valence-electron chi connectivity index (χ1n) is 9.24. The van der Waals surface area contributed by atoms with Crippen molar-refractivity contribution in [1.29, 1.82) is 0 Å². The van der Waals surface area contributed by atoms with Crippen molar-refractivity contribution in [2.75, 3.05) is 38.2 Å². The number of nitrogens with two attached hydrogens (primary N) is 1. The number of benzene rings is 2. The van der Waals surface area contributed by atoms with Crippen molar-refractivity contribution in [3.8, 4) is 0 Å². The number of nitrogens with zero attached hydrogens (tertiary/aromatic N) is 2. The second kappa shape index (κ2) is 9.22. The Hall–Kier alpha value is -2.08. The molecule has 0 bridgehead atoms. The summed E-state index contributed by atoms with van der Waals surface area (Å²) in [5.74, 6) is 0.422. The zero-order chi connectivity index (χ0) is 19.2. The molecule has 0 radical (unpaired) electrons. The molecule has 2 aromatic carbocycles. The fourth-order valence-electron chi connectivity index (χ4n) is 3.20. The molecular formula is C21H27ClN4O. The maximum atomic E-state index is 6.15. The van der Waals surface area contributed by atoms with E-state index >= 15 is 0 Å². The Labute approximate surface area is 166 Å². The maximum Gasteiger partial charge on any atom is 0.193 e. The number of hydrogen-bond acceptors (Lipinski definition) is 3. The molecule has 0 saturated carbocycles. The number of nitrogens with one attached hydrogen (secondary N) is 1. The monoisotopic (exact) mass is 386 g/mol. The van der Waals surface area contributed by atoms with Crippen LogP contribution in [-0.4, -0.2) is 43.7 Å². The molecule has 1 heterocycles. The van der Waals surface area contributed by atoms with Gasteiger partial charge in [-0.1, -0.05) is 29.8 Å². The SMILES string of the molecule is Cc1ccc(NC(N)=NCC(c2ccc(Cl)cc2)N2CCOCC2)cc1C. The van der Waals surface area contributed by atoms with E-state index in [1.807, 2.05) is 18.2 Å². The number of hydrogen-bond donors (Lipinski definition) is 2. The van der Waals surface area contributed by atoms with Gasteiger partial charge in [-0.25, -0.2) is 0 Å². The van der Waals surface area contributed by atoms with E-state index in [0.29, 0.717) is 12.5 Å². The van der Waals surface area contributed by atoms with E-state index in [-0.39, 0.29) is 6.04 Å². The van der Waals surface area contributed by atoms with Crippen LogP contribution in [0.1, 0.15) is 22.7 Å². The average molecular weight is 387 g/mol. The molecule has 1 saturated heterocycles. The maximum absolute atomic E-state index is 6.15. The Morgan fingerprint density at radius 2 is 1.85 bits per heavy atom. The van der Waals surface area contributed by atoms with E-state index in [0.717, 1.165) is 37.0 Å². The smallest absolute Gasteiger partial charge is 0.193 e. The van der Waals surface area contributed by atoms with Crippen LogP contribution in [0.2, 0.25) is 5.02 Å². The molecule has 2 aromatic rings. The third-order valence-electron chi connectivity index (χ3n) is 4.96. The lowest BCUT2D eigenvalue weighted by atomic mass is 10.0. The predicted octanol–water partition coefficient (Wildman–Crippen LogP) is 3.76.